The maximum Gasteiger partial charge on any atom is 0.325 e. The maximum absolute atomic E-state index is 11.5. The van der Waals surface area contributed by atoms with E-state index in [0.717, 1.165) is 51.4 Å². The fourth-order valence-electron chi connectivity index (χ4n) is 2.24. The van der Waals surface area contributed by atoms with Crippen molar-refractivity contribution in [2.24, 2.45) is 0 Å². The average molecular weight is 377 g/mol. The second-order valence-corrected chi connectivity index (χ2v) is 6.46. The molecule has 0 aliphatic heterocycles. The number of nitrogens with one attached hydrogen (secondary N) is 1. The molecular weight excluding hydrogens is 338 g/mol. The molecule has 0 aliphatic rings. The molecule has 2 N–H and O–H groups in total. The van der Waals surface area contributed by atoms with Gasteiger partial charge in [-0.25, -0.2) is 0 Å². The predicted molar refractivity (Wildman–Crippen MR) is 114 cm³/mol. The summed E-state index contributed by atoms with van der Waals surface area (Å²) in [4.78, 5) is 22.1. The van der Waals surface area contributed by atoms with Crippen LogP contribution in [-0.2, 0) is 9.59 Å². The molecular formula is C23H37NO3. The molecule has 27 heavy (non-hydrogen) atoms. The van der Waals surface area contributed by atoms with E-state index in [-0.39, 0.29) is 5.91 Å². The lowest BCUT2D eigenvalue weighted by Crippen LogP contribution is -2.38. The molecule has 0 radical (unpaired) electrons. The van der Waals surface area contributed by atoms with Gasteiger partial charge in [0.1, 0.15) is 6.04 Å². The first-order chi connectivity index (χ1) is 13.6. The number of carbonyl (C=O) groups is 2. The number of allylic oxidation sites excluding steroid dienone is 8. The zero-order valence-corrected chi connectivity index (χ0v) is 16.7. The smallest absolute Gasteiger partial charge is 0.325 e. The summed E-state index contributed by atoms with van der Waals surface area (Å²) >= 11 is 0. The Morgan fingerprint density at radius 1 is 0.889 bits per heavy atom. The molecule has 0 aromatic rings. The summed E-state index contributed by atoms with van der Waals surface area (Å²) < 4.78 is 7.07. The lowest BCUT2D eigenvalue weighted by Gasteiger charge is -2.08. The maximum atomic E-state index is 11.5. The van der Waals surface area contributed by atoms with Gasteiger partial charge in [0.15, 0.2) is 0 Å². The van der Waals surface area contributed by atoms with E-state index in [1.165, 1.54) is 13.3 Å². The van der Waals surface area contributed by atoms with E-state index in [0.29, 0.717) is 13.3 Å². The van der Waals surface area contributed by atoms with Crippen LogP contribution in [0.2, 0.25) is 0 Å². The van der Waals surface area contributed by atoms with Crippen molar-refractivity contribution < 1.29 is 16.1 Å². The van der Waals surface area contributed by atoms with Crippen LogP contribution in [0.4, 0.5) is 0 Å². The van der Waals surface area contributed by atoms with Gasteiger partial charge in [-0.1, -0.05) is 68.3 Å². The van der Waals surface area contributed by atoms with Gasteiger partial charge in [0, 0.05) is 7.79 Å². The van der Waals surface area contributed by atoms with Crippen LogP contribution in [0.3, 0.4) is 0 Å². The van der Waals surface area contributed by atoms with E-state index in [9.17, 15) is 9.59 Å². The van der Waals surface area contributed by atoms with Crippen LogP contribution in [0.15, 0.2) is 48.6 Å². The standard InChI is InChI=1S/C23H37NO3/c1-3-4-5-6-7-8-9-10-11-12-13-14-15-16-17-18-19-20-22(25)24-21(2)23(26)27/h7-8,10-11,13-14,16-17,21H,3-6,9,12,15,18-20H2,1-2H3,(H,24,25)(H,26,27)/b8-7-,11-10-,14-13-,17-16-/t21-/m0/s1/i1D. The molecule has 0 aliphatic carbocycles. The summed E-state index contributed by atoms with van der Waals surface area (Å²) in [5.41, 5.74) is 0. The molecule has 4 nitrogen and oxygen atoms in total. The Morgan fingerprint density at radius 2 is 1.41 bits per heavy atom. The van der Waals surface area contributed by atoms with E-state index in [1.807, 2.05) is 0 Å². The normalized spacial score (nSPS) is 13.7. The van der Waals surface area contributed by atoms with Crippen molar-refractivity contribution in [1.82, 2.24) is 5.32 Å². The lowest BCUT2D eigenvalue weighted by molar-refractivity contribution is -0.141. The third kappa shape index (κ3) is 18.5. The molecule has 0 saturated heterocycles. The second-order valence-electron chi connectivity index (χ2n) is 6.46. The largest absolute Gasteiger partial charge is 0.480 e. The molecule has 1 atom stereocenters. The van der Waals surface area contributed by atoms with Gasteiger partial charge in [0.25, 0.3) is 0 Å². The molecule has 0 aromatic heterocycles. The molecule has 152 valence electrons. The van der Waals surface area contributed by atoms with Crippen molar-refractivity contribution in [1.29, 1.82) is 0 Å². The Bertz CT molecular complexity index is 524. The number of carbonyl (C=O) groups excluding carboxylic acids is 1. The summed E-state index contributed by atoms with van der Waals surface area (Å²) in [5, 5.41) is 11.2. The summed E-state index contributed by atoms with van der Waals surface area (Å²) in [6.45, 7) is 2.01. The van der Waals surface area contributed by atoms with E-state index >= 15 is 0 Å². The molecule has 4 heteroatoms. The van der Waals surface area contributed by atoms with E-state index in [4.69, 9.17) is 6.48 Å². The molecule has 0 fully saturated rings. The number of amides is 1. The summed E-state index contributed by atoms with van der Waals surface area (Å²) in [5.74, 6) is -1.23. The van der Waals surface area contributed by atoms with Crippen LogP contribution in [0.25, 0.3) is 0 Å². The monoisotopic (exact) mass is 376 g/mol. The van der Waals surface area contributed by atoms with Crippen molar-refractivity contribution in [3.8, 4) is 0 Å². The highest BCUT2D eigenvalue weighted by Gasteiger charge is 2.12. The molecule has 0 spiro atoms. The van der Waals surface area contributed by atoms with Crippen LogP contribution in [0, 0.1) is 0 Å². The zero-order valence-electron chi connectivity index (χ0n) is 17.7. The Hall–Kier alpha value is -2.10. The van der Waals surface area contributed by atoms with Crippen molar-refractivity contribution in [3.63, 3.8) is 0 Å². The van der Waals surface area contributed by atoms with Gasteiger partial charge in [0.2, 0.25) is 5.91 Å². The van der Waals surface area contributed by atoms with Gasteiger partial charge in [-0.15, -0.1) is 0 Å². The van der Waals surface area contributed by atoms with Crippen LogP contribution >= 0.6 is 0 Å². The highest BCUT2D eigenvalue weighted by molar-refractivity contribution is 5.83. The van der Waals surface area contributed by atoms with Crippen LogP contribution in [0.5, 0.6) is 0 Å². The minimum atomic E-state index is -1.02. The first-order valence-electron chi connectivity index (χ1n) is 10.7. The van der Waals surface area contributed by atoms with Crippen LogP contribution < -0.4 is 5.32 Å². The molecule has 0 unspecified atom stereocenters. The highest BCUT2D eigenvalue weighted by Crippen LogP contribution is 2.01. The number of hydrogen-bond donors (Lipinski definition) is 2. The second kappa shape index (κ2) is 18.7. The van der Waals surface area contributed by atoms with Gasteiger partial charge in [-0.05, 0) is 51.9 Å². The fourth-order valence-corrected chi connectivity index (χ4v) is 2.24. The molecule has 0 aromatic carbocycles. The third-order valence-electron chi connectivity index (χ3n) is 3.88. The van der Waals surface area contributed by atoms with Gasteiger partial charge < -0.3 is 10.4 Å². The predicted octanol–water partition coefficient (Wildman–Crippen LogP) is 5.72. The first kappa shape index (κ1) is 22.9. The first-order valence-corrected chi connectivity index (χ1v) is 9.99. The van der Waals surface area contributed by atoms with Crippen molar-refractivity contribution in [2.45, 2.75) is 84.1 Å². The van der Waals surface area contributed by atoms with Crippen LogP contribution in [0.1, 0.15) is 79.4 Å². The zero-order chi connectivity index (χ0) is 20.9. The Kier molecular flexibility index (Phi) is 15.9. The molecule has 0 rings (SSSR count). The minimum Gasteiger partial charge on any atom is -0.480 e. The lowest BCUT2D eigenvalue weighted by atomic mass is 10.2. The molecule has 0 bridgehead atoms. The minimum absolute atomic E-state index is 0.214. The van der Waals surface area contributed by atoms with Crippen molar-refractivity contribution in [3.05, 3.63) is 48.6 Å². The van der Waals surface area contributed by atoms with E-state index in [2.05, 4.69) is 53.9 Å². The van der Waals surface area contributed by atoms with Crippen LogP contribution in [-0.4, -0.2) is 23.0 Å². The van der Waals surface area contributed by atoms with E-state index < -0.39 is 12.0 Å². The van der Waals surface area contributed by atoms with Gasteiger partial charge in [0.05, 0.1) is 0 Å². The molecule has 0 heterocycles. The fraction of sp³-hybridized carbons (Fsp3) is 0.565. The summed E-state index contributed by atoms with van der Waals surface area (Å²) in [6, 6.07) is -0.831. The third-order valence-corrected chi connectivity index (χ3v) is 3.88. The van der Waals surface area contributed by atoms with Crippen molar-refractivity contribution in [2.75, 3.05) is 0 Å². The van der Waals surface area contributed by atoms with Crippen molar-refractivity contribution >= 4 is 11.9 Å². The SMILES string of the molecule is [2H]CCCCC/C=C\C/C=C\C/C=C\C/C=C\CCCC(=O)N[C@@H](C)C(=O)O. The molecule has 0 saturated carbocycles. The number of hydrogen-bond acceptors (Lipinski definition) is 2. The van der Waals surface area contributed by atoms with E-state index in [1.54, 1.807) is 0 Å². The molecule has 1 amide bonds. The van der Waals surface area contributed by atoms with Gasteiger partial charge in [-0.3, -0.25) is 9.59 Å². The Morgan fingerprint density at radius 3 is 1.93 bits per heavy atom. The number of carboxylic acids is 1. The topological polar surface area (TPSA) is 66.4 Å². The summed E-state index contributed by atoms with van der Waals surface area (Å²) in [7, 11) is 0. The van der Waals surface area contributed by atoms with Gasteiger partial charge in [-0.2, -0.15) is 0 Å². The number of rotatable bonds is 16. The summed E-state index contributed by atoms with van der Waals surface area (Å²) in [6.07, 6.45) is 26.4. The number of aliphatic carboxylic acids is 1. The highest BCUT2D eigenvalue weighted by atomic mass is 16.4. The Balaban J connectivity index is 3.55. The quantitative estimate of drug-likeness (QED) is 0.267. The van der Waals surface area contributed by atoms with Gasteiger partial charge >= 0.3 is 5.97 Å². The number of carboxylic acid groups (broad SMARTS) is 1. The number of unbranched alkanes of at least 4 members (excludes halogenated alkanes) is 4. The average Bonchev–Trinajstić information content (AvgIpc) is 2.66. The Labute approximate surface area is 166 Å².